The average molecular weight is 325 g/mol. The van der Waals surface area contributed by atoms with Crippen molar-refractivity contribution in [2.75, 3.05) is 5.32 Å². The van der Waals surface area contributed by atoms with Crippen molar-refractivity contribution in [3.63, 3.8) is 0 Å². The summed E-state index contributed by atoms with van der Waals surface area (Å²) in [7, 11) is 0. The van der Waals surface area contributed by atoms with E-state index in [9.17, 15) is 14.4 Å². The van der Waals surface area contributed by atoms with Crippen molar-refractivity contribution in [1.29, 1.82) is 0 Å². The van der Waals surface area contributed by atoms with Gasteiger partial charge in [-0.15, -0.1) is 0 Å². The monoisotopic (exact) mass is 325 g/mol. The summed E-state index contributed by atoms with van der Waals surface area (Å²) in [6.07, 6.45) is -0.939. The van der Waals surface area contributed by atoms with E-state index in [0.29, 0.717) is 16.8 Å². The highest BCUT2D eigenvalue weighted by atomic mass is 16.5. The Labute approximate surface area is 140 Å². The molecule has 0 bridgehead atoms. The molecule has 2 aromatic carbocycles. The molecule has 5 nitrogen and oxygen atoms in total. The van der Waals surface area contributed by atoms with Crippen LogP contribution in [-0.2, 0) is 9.53 Å². The Balaban J connectivity index is 1.96. The first-order chi connectivity index (χ1) is 11.4. The molecular formula is C19H19NO4. The molecular weight excluding hydrogens is 306 g/mol. The van der Waals surface area contributed by atoms with Gasteiger partial charge in [-0.05, 0) is 57.2 Å². The summed E-state index contributed by atoms with van der Waals surface area (Å²) in [5, 5.41) is 2.65. The fourth-order valence-electron chi connectivity index (χ4n) is 2.09. The van der Waals surface area contributed by atoms with Gasteiger partial charge in [0.1, 0.15) is 0 Å². The van der Waals surface area contributed by atoms with Crippen LogP contribution in [0.25, 0.3) is 0 Å². The maximum Gasteiger partial charge on any atom is 0.338 e. The van der Waals surface area contributed by atoms with Crippen LogP contribution in [0.3, 0.4) is 0 Å². The lowest BCUT2D eigenvalue weighted by molar-refractivity contribution is -0.123. The molecule has 0 saturated carbocycles. The van der Waals surface area contributed by atoms with Crippen LogP contribution in [0.15, 0.2) is 48.5 Å². The molecule has 0 aliphatic rings. The number of hydrogen-bond donors (Lipinski definition) is 1. The lowest BCUT2D eigenvalue weighted by Crippen LogP contribution is -2.30. The van der Waals surface area contributed by atoms with Gasteiger partial charge in [0.05, 0.1) is 5.56 Å². The smallest absolute Gasteiger partial charge is 0.338 e. The van der Waals surface area contributed by atoms with Crippen molar-refractivity contribution in [3.05, 3.63) is 65.2 Å². The summed E-state index contributed by atoms with van der Waals surface area (Å²) in [5.74, 6) is -1.03. The van der Waals surface area contributed by atoms with Crippen molar-refractivity contribution in [2.24, 2.45) is 0 Å². The van der Waals surface area contributed by atoms with Crippen LogP contribution >= 0.6 is 0 Å². The third-order valence-electron chi connectivity index (χ3n) is 3.47. The quantitative estimate of drug-likeness (QED) is 0.675. The van der Waals surface area contributed by atoms with Gasteiger partial charge in [-0.1, -0.05) is 17.7 Å². The molecule has 0 radical (unpaired) electrons. The highest BCUT2D eigenvalue weighted by Crippen LogP contribution is 2.12. The van der Waals surface area contributed by atoms with E-state index in [1.54, 1.807) is 42.5 Å². The molecule has 0 aliphatic carbocycles. The van der Waals surface area contributed by atoms with E-state index in [-0.39, 0.29) is 5.78 Å². The lowest BCUT2D eigenvalue weighted by Gasteiger charge is -2.14. The molecule has 1 atom stereocenters. The molecule has 2 rings (SSSR count). The van der Waals surface area contributed by atoms with Crippen LogP contribution in [0.4, 0.5) is 5.69 Å². The van der Waals surface area contributed by atoms with Gasteiger partial charge < -0.3 is 10.1 Å². The van der Waals surface area contributed by atoms with E-state index in [1.807, 2.05) is 13.0 Å². The molecule has 0 aliphatic heterocycles. The van der Waals surface area contributed by atoms with Gasteiger partial charge in [-0.25, -0.2) is 4.79 Å². The number of aryl methyl sites for hydroxylation is 1. The molecule has 24 heavy (non-hydrogen) atoms. The van der Waals surface area contributed by atoms with E-state index in [1.165, 1.54) is 13.8 Å². The van der Waals surface area contributed by atoms with Gasteiger partial charge in [0.2, 0.25) is 0 Å². The number of rotatable bonds is 5. The minimum atomic E-state index is -0.939. The summed E-state index contributed by atoms with van der Waals surface area (Å²) < 4.78 is 5.18. The van der Waals surface area contributed by atoms with Gasteiger partial charge in [-0.3, -0.25) is 9.59 Å². The molecule has 1 amide bonds. The third kappa shape index (κ3) is 4.52. The largest absolute Gasteiger partial charge is 0.449 e. The van der Waals surface area contributed by atoms with E-state index in [2.05, 4.69) is 5.32 Å². The Morgan fingerprint density at radius 2 is 1.67 bits per heavy atom. The number of hydrogen-bond acceptors (Lipinski definition) is 4. The SMILES string of the molecule is CC(=O)c1ccc(NC(=O)C(C)OC(=O)c2cccc(C)c2)cc1. The number of ether oxygens (including phenoxy) is 1. The van der Waals surface area contributed by atoms with Crippen LogP contribution in [0.1, 0.15) is 40.1 Å². The number of anilines is 1. The zero-order valence-electron chi connectivity index (χ0n) is 13.8. The first kappa shape index (κ1) is 17.4. The van der Waals surface area contributed by atoms with Crippen molar-refractivity contribution >= 4 is 23.3 Å². The van der Waals surface area contributed by atoms with Crippen LogP contribution < -0.4 is 5.32 Å². The molecule has 1 unspecified atom stereocenters. The van der Waals surface area contributed by atoms with Crippen LogP contribution in [-0.4, -0.2) is 23.8 Å². The topological polar surface area (TPSA) is 72.5 Å². The van der Waals surface area contributed by atoms with Crippen molar-refractivity contribution < 1.29 is 19.1 Å². The molecule has 124 valence electrons. The number of ketones is 1. The van der Waals surface area contributed by atoms with E-state index < -0.39 is 18.0 Å². The molecule has 0 fully saturated rings. The van der Waals surface area contributed by atoms with Gasteiger partial charge in [0, 0.05) is 11.3 Å². The predicted molar refractivity (Wildman–Crippen MR) is 91.1 cm³/mol. The Morgan fingerprint density at radius 1 is 1.00 bits per heavy atom. The van der Waals surface area contributed by atoms with Crippen molar-refractivity contribution in [2.45, 2.75) is 26.9 Å². The number of carbonyl (C=O) groups excluding carboxylic acids is 3. The van der Waals surface area contributed by atoms with Crippen LogP contribution in [0.2, 0.25) is 0 Å². The van der Waals surface area contributed by atoms with Crippen LogP contribution in [0, 0.1) is 6.92 Å². The van der Waals surface area contributed by atoms with E-state index >= 15 is 0 Å². The number of Topliss-reactive ketones (excluding diaryl/α,β-unsaturated/α-hetero) is 1. The Morgan fingerprint density at radius 3 is 2.25 bits per heavy atom. The third-order valence-corrected chi connectivity index (χ3v) is 3.47. The van der Waals surface area contributed by atoms with Gasteiger partial charge in [0.15, 0.2) is 11.9 Å². The number of nitrogens with one attached hydrogen (secondary N) is 1. The predicted octanol–water partition coefficient (Wildman–Crippen LogP) is 3.38. The second-order valence-electron chi connectivity index (χ2n) is 5.54. The Bertz CT molecular complexity index is 765. The zero-order valence-corrected chi connectivity index (χ0v) is 13.8. The maximum atomic E-state index is 12.1. The van der Waals surface area contributed by atoms with Crippen molar-refractivity contribution in [3.8, 4) is 0 Å². The second kappa shape index (κ2) is 7.55. The second-order valence-corrected chi connectivity index (χ2v) is 5.54. The standard InChI is InChI=1S/C19H19NO4/c1-12-5-4-6-16(11-12)19(23)24-14(3)18(22)20-17-9-7-15(8-10-17)13(2)21/h4-11,14H,1-3H3,(H,20,22). The summed E-state index contributed by atoms with van der Waals surface area (Å²) in [4.78, 5) is 35.4. The molecule has 0 aromatic heterocycles. The minimum absolute atomic E-state index is 0.0478. The molecule has 2 aromatic rings. The first-order valence-electron chi connectivity index (χ1n) is 7.56. The van der Waals surface area contributed by atoms with Gasteiger partial charge in [-0.2, -0.15) is 0 Å². The molecule has 0 heterocycles. The first-order valence-corrected chi connectivity index (χ1v) is 7.56. The summed E-state index contributed by atoms with van der Waals surface area (Å²) >= 11 is 0. The summed E-state index contributed by atoms with van der Waals surface area (Å²) in [6.45, 7) is 4.85. The van der Waals surface area contributed by atoms with Crippen molar-refractivity contribution in [1.82, 2.24) is 0 Å². The number of amides is 1. The highest BCUT2D eigenvalue weighted by Gasteiger charge is 2.19. The van der Waals surface area contributed by atoms with E-state index in [4.69, 9.17) is 4.74 Å². The van der Waals surface area contributed by atoms with Gasteiger partial charge >= 0.3 is 5.97 Å². The maximum absolute atomic E-state index is 12.1. The molecule has 1 N–H and O–H groups in total. The summed E-state index contributed by atoms with van der Waals surface area (Å²) in [6, 6.07) is 13.5. The number of carbonyl (C=O) groups is 3. The van der Waals surface area contributed by atoms with Gasteiger partial charge in [0.25, 0.3) is 5.91 Å². The molecule has 5 heteroatoms. The molecule has 0 saturated heterocycles. The van der Waals surface area contributed by atoms with Crippen LogP contribution in [0.5, 0.6) is 0 Å². The summed E-state index contributed by atoms with van der Waals surface area (Å²) in [5.41, 5.74) is 2.43. The average Bonchev–Trinajstić information content (AvgIpc) is 2.55. The Hall–Kier alpha value is -2.95. The lowest BCUT2D eigenvalue weighted by atomic mass is 10.1. The Kier molecular flexibility index (Phi) is 5.47. The molecule has 0 spiro atoms. The highest BCUT2D eigenvalue weighted by molar-refractivity contribution is 5.98. The minimum Gasteiger partial charge on any atom is -0.449 e. The fourth-order valence-corrected chi connectivity index (χ4v) is 2.09. The zero-order chi connectivity index (χ0) is 17.7. The number of esters is 1. The fraction of sp³-hybridized carbons (Fsp3) is 0.211. The normalized spacial score (nSPS) is 11.5. The van der Waals surface area contributed by atoms with E-state index in [0.717, 1.165) is 5.56 Å². The number of benzene rings is 2.